The maximum Gasteiger partial charge on any atom is -0.000871 e. The first-order valence-corrected chi connectivity index (χ1v) is 4.80. The van der Waals surface area contributed by atoms with Gasteiger partial charge in [-0.3, -0.25) is 0 Å². The van der Waals surface area contributed by atoms with Crippen LogP contribution in [0.1, 0.15) is 20.3 Å². The molecule has 0 radical (unpaired) electrons. The van der Waals surface area contributed by atoms with E-state index in [9.17, 15) is 0 Å². The molecule has 2 atom stereocenters. The fourth-order valence-corrected chi connectivity index (χ4v) is 2.15. The quantitative estimate of drug-likeness (QED) is 0.604. The Hall–Kier alpha value is -0.300. The van der Waals surface area contributed by atoms with Crippen LogP contribution in [0.25, 0.3) is 0 Å². The summed E-state index contributed by atoms with van der Waals surface area (Å²) in [4.78, 5) is 0. The molecule has 2 fully saturated rings. The van der Waals surface area contributed by atoms with Gasteiger partial charge in [0.05, 0.1) is 0 Å². The highest BCUT2D eigenvalue weighted by atomic mass is 14.9. The van der Waals surface area contributed by atoms with Crippen LogP contribution in [0, 0.1) is 17.8 Å². The zero-order chi connectivity index (χ0) is 7.84. The molecule has 0 saturated heterocycles. The molecule has 0 aromatic rings. The second kappa shape index (κ2) is 2.63. The second-order valence-corrected chi connectivity index (χ2v) is 3.64. The first-order chi connectivity index (χ1) is 5.40. The lowest BCUT2D eigenvalue weighted by molar-refractivity contribution is 0.594. The molecule has 0 bridgehead atoms. The van der Waals surface area contributed by atoms with E-state index in [-0.39, 0.29) is 0 Å². The predicted molar refractivity (Wildman–Crippen MR) is 47.4 cm³/mol. The Bertz CT molecular complexity index is 171. The average molecular weight is 151 g/mol. The fourth-order valence-electron chi connectivity index (χ4n) is 2.15. The second-order valence-electron chi connectivity index (χ2n) is 3.64. The van der Waals surface area contributed by atoms with Gasteiger partial charge in [-0.25, -0.2) is 0 Å². The van der Waals surface area contributed by atoms with Crippen molar-refractivity contribution in [3.05, 3.63) is 11.6 Å². The van der Waals surface area contributed by atoms with Gasteiger partial charge in [0.1, 0.15) is 0 Å². The molecular formula is C10H17N. The minimum absolute atomic E-state index is 1.02. The molecule has 11 heavy (non-hydrogen) atoms. The molecule has 0 aromatic heterocycles. The van der Waals surface area contributed by atoms with Gasteiger partial charge in [0.25, 0.3) is 0 Å². The maximum atomic E-state index is 3.41. The van der Waals surface area contributed by atoms with Crippen molar-refractivity contribution in [3.63, 3.8) is 0 Å². The van der Waals surface area contributed by atoms with Crippen molar-refractivity contribution in [2.45, 2.75) is 20.3 Å². The monoisotopic (exact) mass is 151 g/mol. The zero-order valence-electron chi connectivity index (χ0n) is 7.43. The van der Waals surface area contributed by atoms with Gasteiger partial charge >= 0.3 is 0 Å². The number of hydrogen-bond acceptors (Lipinski definition) is 1. The van der Waals surface area contributed by atoms with Crippen LogP contribution >= 0.6 is 0 Å². The predicted octanol–water partition coefficient (Wildman–Crippen LogP) is 1.81. The number of nitrogens with one attached hydrogen (secondary N) is 1. The summed E-state index contributed by atoms with van der Waals surface area (Å²) >= 11 is 0. The maximum absolute atomic E-state index is 3.41. The van der Waals surface area contributed by atoms with E-state index in [4.69, 9.17) is 0 Å². The van der Waals surface area contributed by atoms with Gasteiger partial charge in [-0.05, 0) is 37.3 Å². The van der Waals surface area contributed by atoms with E-state index >= 15 is 0 Å². The summed E-state index contributed by atoms with van der Waals surface area (Å²) in [6, 6.07) is 0. The van der Waals surface area contributed by atoms with E-state index in [1.807, 2.05) is 0 Å². The first-order valence-electron chi connectivity index (χ1n) is 4.80. The lowest BCUT2D eigenvalue weighted by Gasteiger charge is -2.04. The third-order valence-corrected chi connectivity index (χ3v) is 2.90. The van der Waals surface area contributed by atoms with Crippen LogP contribution in [0.2, 0.25) is 0 Å². The molecule has 2 rings (SSSR count). The van der Waals surface area contributed by atoms with Gasteiger partial charge in [0, 0.05) is 0 Å². The van der Waals surface area contributed by atoms with Gasteiger partial charge in [0.15, 0.2) is 0 Å². The molecule has 0 aliphatic heterocycles. The van der Waals surface area contributed by atoms with Crippen LogP contribution < -0.4 is 5.32 Å². The van der Waals surface area contributed by atoms with E-state index < -0.39 is 0 Å². The van der Waals surface area contributed by atoms with Crippen molar-refractivity contribution in [2.75, 3.05) is 13.1 Å². The molecule has 2 aliphatic rings. The molecule has 0 spiro atoms. The van der Waals surface area contributed by atoms with Gasteiger partial charge in [-0.2, -0.15) is 0 Å². The highest BCUT2D eigenvalue weighted by molar-refractivity contribution is 5.45. The Labute approximate surface area is 68.9 Å². The summed E-state index contributed by atoms with van der Waals surface area (Å²) in [5.41, 5.74) is 1.76. The Morgan fingerprint density at radius 3 is 2.64 bits per heavy atom. The van der Waals surface area contributed by atoms with Crippen LogP contribution in [-0.4, -0.2) is 13.1 Å². The van der Waals surface area contributed by atoms with Gasteiger partial charge in [-0.1, -0.05) is 25.5 Å². The normalized spacial score (nSPS) is 38.4. The average Bonchev–Trinajstić information content (AvgIpc) is 2.85. The number of fused-ring (bicyclic) bond motifs is 1. The number of hydrogen-bond donors (Lipinski definition) is 1. The molecule has 0 amide bonds. The summed E-state index contributed by atoms with van der Waals surface area (Å²) in [6.07, 6.45) is 3.65. The fraction of sp³-hybridized carbons (Fsp3) is 0.800. The number of rotatable bonds is 4. The molecule has 2 unspecified atom stereocenters. The van der Waals surface area contributed by atoms with E-state index in [1.54, 1.807) is 5.57 Å². The van der Waals surface area contributed by atoms with Crippen molar-refractivity contribution in [1.29, 1.82) is 0 Å². The third kappa shape index (κ3) is 1.12. The van der Waals surface area contributed by atoms with E-state index in [1.165, 1.54) is 13.0 Å². The van der Waals surface area contributed by atoms with Gasteiger partial charge in [-0.15, -0.1) is 0 Å². The zero-order valence-corrected chi connectivity index (χ0v) is 7.43. The van der Waals surface area contributed by atoms with Crippen molar-refractivity contribution < 1.29 is 0 Å². The first kappa shape index (κ1) is 7.35. The molecule has 1 nitrogen and oxygen atoms in total. The summed E-state index contributed by atoms with van der Waals surface area (Å²) in [5, 5.41) is 3.41. The van der Waals surface area contributed by atoms with Gasteiger partial charge < -0.3 is 5.32 Å². The molecule has 2 saturated carbocycles. The van der Waals surface area contributed by atoms with Crippen molar-refractivity contribution in [1.82, 2.24) is 5.32 Å². The SMILES string of the molecule is CCC=C1C2C(CNCC)C12. The molecule has 2 aliphatic carbocycles. The summed E-state index contributed by atoms with van der Waals surface area (Å²) in [7, 11) is 0. The van der Waals surface area contributed by atoms with E-state index in [0.717, 1.165) is 24.3 Å². The summed E-state index contributed by atoms with van der Waals surface area (Å²) in [5.74, 6) is 3.07. The molecule has 0 heterocycles. The van der Waals surface area contributed by atoms with E-state index in [0.29, 0.717) is 0 Å². The lowest BCUT2D eigenvalue weighted by Crippen LogP contribution is -2.18. The van der Waals surface area contributed by atoms with Crippen molar-refractivity contribution in [3.8, 4) is 0 Å². The smallest absolute Gasteiger partial charge is 0.000871 e. The Kier molecular flexibility index (Phi) is 1.76. The highest BCUT2D eigenvalue weighted by Crippen LogP contribution is 2.72. The number of allylic oxidation sites excluding steroid dienone is 2. The largest absolute Gasteiger partial charge is 0.317 e. The van der Waals surface area contributed by atoms with Crippen molar-refractivity contribution >= 4 is 0 Å². The molecule has 62 valence electrons. The highest BCUT2D eigenvalue weighted by Gasteiger charge is 2.68. The van der Waals surface area contributed by atoms with Crippen LogP contribution in [0.5, 0.6) is 0 Å². The van der Waals surface area contributed by atoms with Crippen LogP contribution in [-0.2, 0) is 0 Å². The van der Waals surface area contributed by atoms with Gasteiger partial charge in [0.2, 0.25) is 0 Å². The summed E-state index contributed by atoms with van der Waals surface area (Å²) in [6.45, 7) is 6.79. The molecule has 1 N–H and O–H groups in total. The summed E-state index contributed by atoms with van der Waals surface area (Å²) < 4.78 is 0. The van der Waals surface area contributed by atoms with Crippen molar-refractivity contribution in [2.24, 2.45) is 17.8 Å². The Balaban J connectivity index is 1.66. The molecule has 0 aromatic carbocycles. The van der Waals surface area contributed by atoms with E-state index in [2.05, 4.69) is 25.2 Å². The standard InChI is InChI=1S/C10H17N/c1-3-5-7-9-8(10(7)9)6-11-4-2/h5,8-11H,3-4,6H2,1-2H3. The topological polar surface area (TPSA) is 12.0 Å². The minimum atomic E-state index is 1.02. The van der Waals surface area contributed by atoms with Crippen LogP contribution in [0.4, 0.5) is 0 Å². The molecule has 1 heteroatoms. The Morgan fingerprint density at radius 1 is 1.36 bits per heavy atom. The Morgan fingerprint density at radius 2 is 2.09 bits per heavy atom. The minimum Gasteiger partial charge on any atom is -0.317 e. The lowest BCUT2D eigenvalue weighted by atomic mass is 10.1. The third-order valence-electron chi connectivity index (χ3n) is 2.90. The van der Waals surface area contributed by atoms with Crippen LogP contribution in [0.15, 0.2) is 11.6 Å². The van der Waals surface area contributed by atoms with Crippen LogP contribution in [0.3, 0.4) is 0 Å². The molecular weight excluding hydrogens is 134 g/mol.